The van der Waals surface area contributed by atoms with E-state index in [9.17, 15) is 4.79 Å². The van der Waals surface area contributed by atoms with Crippen molar-refractivity contribution in [3.63, 3.8) is 0 Å². The van der Waals surface area contributed by atoms with Crippen LogP contribution in [0.25, 0.3) is 0 Å². The maximum absolute atomic E-state index is 12.1. The molecule has 1 unspecified atom stereocenters. The molecule has 0 aliphatic heterocycles. The van der Waals surface area contributed by atoms with Crippen LogP contribution in [0, 0.1) is 5.92 Å². The number of nitrogens with one attached hydrogen (secondary N) is 1. The van der Waals surface area contributed by atoms with Gasteiger partial charge in [-0.05, 0) is 25.7 Å². The molecule has 3 N–H and O–H groups in total. The first-order chi connectivity index (χ1) is 8.49. The van der Waals surface area contributed by atoms with Crippen LogP contribution in [0.15, 0.2) is 6.20 Å². The highest BCUT2D eigenvalue weighted by Crippen LogP contribution is 2.32. The molecular formula is C13H20N4O. The number of aromatic nitrogens is 2. The molecule has 1 atom stereocenters. The lowest BCUT2D eigenvalue weighted by molar-refractivity contribution is 0.0931. The van der Waals surface area contributed by atoms with E-state index < -0.39 is 0 Å². The van der Waals surface area contributed by atoms with Crippen molar-refractivity contribution in [3.05, 3.63) is 17.7 Å². The predicted molar refractivity (Wildman–Crippen MR) is 70.2 cm³/mol. The number of carbonyl (C=O) groups excluding carboxylic acids is 1. The van der Waals surface area contributed by atoms with Crippen LogP contribution < -0.4 is 11.1 Å². The lowest BCUT2D eigenvalue weighted by Gasteiger charge is -2.14. The van der Waals surface area contributed by atoms with Crippen LogP contribution in [0.2, 0.25) is 0 Å². The Hall–Kier alpha value is -1.65. The minimum absolute atomic E-state index is 0.179. The first-order valence-corrected chi connectivity index (χ1v) is 6.42. The largest absolute Gasteiger partial charge is 0.396 e. The van der Waals surface area contributed by atoms with Crippen molar-refractivity contribution in [2.75, 3.05) is 5.73 Å². The SMILES string of the molecule is CC(C)c1ncc(N)c(C(=O)NC(C)C2CC2)n1. The molecule has 2 rings (SSSR count). The van der Waals surface area contributed by atoms with Gasteiger partial charge >= 0.3 is 0 Å². The summed E-state index contributed by atoms with van der Waals surface area (Å²) in [5.41, 5.74) is 6.40. The number of hydrogen-bond acceptors (Lipinski definition) is 4. The van der Waals surface area contributed by atoms with Crippen LogP contribution in [0.3, 0.4) is 0 Å². The van der Waals surface area contributed by atoms with Gasteiger partial charge in [-0.2, -0.15) is 0 Å². The van der Waals surface area contributed by atoms with E-state index in [1.807, 2.05) is 20.8 Å². The number of rotatable bonds is 4. The second-order valence-corrected chi connectivity index (χ2v) is 5.29. The Morgan fingerprint density at radius 3 is 2.67 bits per heavy atom. The van der Waals surface area contributed by atoms with E-state index in [2.05, 4.69) is 15.3 Å². The lowest BCUT2D eigenvalue weighted by Crippen LogP contribution is -2.35. The molecule has 5 nitrogen and oxygen atoms in total. The van der Waals surface area contributed by atoms with Crippen LogP contribution in [0.1, 0.15) is 55.8 Å². The van der Waals surface area contributed by atoms with Gasteiger partial charge in [0.1, 0.15) is 5.82 Å². The van der Waals surface area contributed by atoms with E-state index in [0.717, 1.165) is 0 Å². The van der Waals surface area contributed by atoms with Gasteiger partial charge in [0.05, 0.1) is 11.9 Å². The van der Waals surface area contributed by atoms with E-state index in [4.69, 9.17) is 5.73 Å². The molecule has 1 aliphatic carbocycles. The summed E-state index contributed by atoms with van der Waals surface area (Å²) in [7, 11) is 0. The van der Waals surface area contributed by atoms with Crippen molar-refractivity contribution < 1.29 is 4.79 Å². The third-order valence-electron chi connectivity index (χ3n) is 3.26. The van der Waals surface area contributed by atoms with E-state index in [-0.39, 0.29) is 17.9 Å². The topological polar surface area (TPSA) is 80.9 Å². The fourth-order valence-electron chi connectivity index (χ4n) is 1.85. The van der Waals surface area contributed by atoms with Crippen molar-refractivity contribution in [2.45, 2.75) is 45.6 Å². The minimum atomic E-state index is -0.198. The molecule has 1 heterocycles. The zero-order valence-corrected chi connectivity index (χ0v) is 11.1. The molecular weight excluding hydrogens is 228 g/mol. The Bertz CT molecular complexity index is 454. The van der Waals surface area contributed by atoms with Crippen LogP contribution in [0.4, 0.5) is 5.69 Å². The maximum atomic E-state index is 12.1. The predicted octanol–water partition coefficient (Wildman–Crippen LogP) is 1.71. The first kappa shape index (κ1) is 12.8. The van der Waals surface area contributed by atoms with Gasteiger partial charge in [0, 0.05) is 12.0 Å². The monoisotopic (exact) mass is 248 g/mol. The highest BCUT2D eigenvalue weighted by Gasteiger charge is 2.29. The Morgan fingerprint density at radius 1 is 1.44 bits per heavy atom. The number of anilines is 1. The lowest BCUT2D eigenvalue weighted by atomic mass is 10.2. The Labute approximate surface area is 107 Å². The van der Waals surface area contributed by atoms with Crippen molar-refractivity contribution in [1.29, 1.82) is 0 Å². The van der Waals surface area contributed by atoms with E-state index in [0.29, 0.717) is 23.1 Å². The molecule has 1 aliphatic rings. The zero-order valence-electron chi connectivity index (χ0n) is 11.1. The van der Waals surface area contributed by atoms with Crippen LogP contribution in [0.5, 0.6) is 0 Å². The molecule has 1 saturated carbocycles. The highest BCUT2D eigenvalue weighted by atomic mass is 16.2. The zero-order chi connectivity index (χ0) is 13.3. The van der Waals surface area contributed by atoms with Gasteiger partial charge in [0.2, 0.25) is 0 Å². The third kappa shape index (κ3) is 2.78. The van der Waals surface area contributed by atoms with Gasteiger partial charge in [-0.25, -0.2) is 9.97 Å². The number of nitrogens with two attached hydrogens (primary N) is 1. The van der Waals surface area contributed by atoms with Crippen LogP contribution >= 0.6 is 0 Å². The summed E-state index contributed by atoms with van der Waals surface area (Å²) < 4.78 is 0. The van der Waals surface area contributed by atoms with Crippen molar-refractivity contribution in [1.82, 2.24) is 15.3 Å². The summed E-state index contributed by atoms with van der Waals surface area (Å²) in [5.74, 6) is 1.24. The van der Waals surface area contributed by atoms with Gasteiger partial charge in [0.15, 0.2) is 5.69 Å². The standard InChI is InChI=1S/C13H20N4O/c1-7(2)12-15-6-10(14)11(17-12)13(18)16-8(3)9-4-5-9/h6-9H,4-5,14H2,1-3H3,(H,16,18). The molecule has 0 bridgehead atoms. The van der Waals surface area contributed by atoms with Crippen LogP contribution in [-0.2, 0) is 0 Å². The molecule has 1 aromatic heterocycles. The number of amides is 1. The van der Waals surface area contributed by atoms with Crippen LogP contribution in [-0.4, -0.2) is 21.9 Å². The summed E-state index contributed by atoms with van der Waals surface area (Å²) in [6, 6.07) is 0.189. The summed E-state index contributed by atoms with van der Waals surface area (Å²) in [6.07, 6.45) is 3.90. The summed E-state index contributed by atoms with van der Waals surface area (Å²) in [5, 5.41) is 2.96. The second-order valence-electron chi connectivity index (χ2n) is 5.29. The number of hydrogen-bond donors (Lipinski definition) is 2. The quantitative estimate of drug-likeness (QED) is 0.850. The average Bonchev–Trinajstić information content (AvgIpc) is 3.12. The highest BCUT2D eigenvalue weighted by molar-refractivity contribution is 5.97. The van der Waals surface area contributed by atoms with Crippen molar-refractivity contribution in [3.8, 4) is 0 Å². The van der Waals surface area contributed by atoms with Gasteiger partial charge in [0.25, 0.3) is 5.91 Å². The molecule has 1 amide bonds. The molecule has 5 heteroatoms. The fraction of sp³-hybridized carbons (Fsp3) is 0.615. The van der Waals surface area contributed by atoms with E-state index in [1.165, 1.54) is 19.0 Å². The molecule has 18 heavy (non-hydrogen) atoms. The van der Waals surface area contributed by atoms with Gasteiger partial charge < -0.3 is 11.1 Å². The normalized spacial score (nSPS) is 16.7. The third-order valence-corrected chi connectivity index (χ3v) is 3.26. The van der Waals surface area contributed by atoms with Crippen molar-refractivity contribution >= 4 is 11.6 Å². The first-order valence-electron chi connectivity index (χ1n) is 6.42. The van der Waals surface area contributed by atoms with E-state index >= 15 is 0 Å². The second kappa shape index (κ2) is 4.92. The van der Waals surface area contributed by atoms with Gasteiger partial charge in [-0.15, -0.1) is 0 Å². The van der Waals surface area contributed by atoms with Gasteiger partial charge in [-0.3, -0.25) is 4.79 Å². The molecule has 0 saturated heterocycles. The van der Waals surface area contributed by atoms with Crippen molar-refractivity contribution in [2.24, 2.45) is 5.92 Å². The number of carbonyl (C=O) groups is 1. The maximum Gasteiger partial charge on any atom is 0.272 e. The summed E-state index contributed by atoms with van der Waals surface area (Å²) in [6.45, 7) is 6.00. The molecule has 1 fully saturated rings. The Balaban J connectivity index is 2.15. The fourth-order valence-corrected chi connectivity index (χ4v) is 1.85. The minimum Gasteiger partial charge on any atom is -0.396 e. The van der Waals surface area contributed by atoms with E-state index in [1.54, 1.807) is 0 Å². The smallest absolute Gasteiger partial charge is 0.272 e. The molecule has 98 valence electrons. The average molecular weight is 248 g/mol. The molecule has 0 spiro atoms. The van der Waals surface area contributed by atoms with Gasteiger partial charge in [-0.1, -0.05) is 13.8 Å². The summed E-state index contributed by atoms with van der Waals surface area (Å²) in [4.78, 5) is 20.5. The molecule has 1 aromatic rings. The Kier molecular flexibility index (Phi) is 3.50. The number of nitrogen functional groups attached to an aromatic ring is 1. The number of nitrogens with zero attached hydrogens (tertiary/aromatic N) is 2. The summed E-state index contributed by atoms with van der Waals surface area (Å²) >= 11 is 0. The molecule has 0 aromatic carbocycles. The Morgan fingerprint density at radius 2 is 2.11 bits per heavy atom. The molecule has 0 radical (unpaired) electrons.